The summed E-state index contributed by atoms with van der Waals surface area (Å²) in [4.78, 5) is 10.7. The molecule has 118 valence electrons. The molecule has 1 aromatic carbocycles. The van der Waals surface area contributed by atoms with E-state index in [1.54, 1.807) is 17.5 Å². The zero-order valence-electron chi connectivity index (χ0n) is 11.3. The maximum atomic E-state index is 12.9. The fourth-order valence-electron chi connectivity index (χ4n) is 2.03. The van der Waals surface area contributed by atoms with Crippen molar-refractivity contribution in [2.24, 2.45) is 0 Å². The summed E-state index contributed by atoms with van der Waals surface area (Å²) in [6, 6.07) is 9.55. The Morgan fingerprint density at radius 2 is 1.87 bits per heavy atom. The van der Waals surface area contributed by atoms with Crippen molar-refractivity contribution in [2.45, 2.75) is 6.18 Å². The SMILES string of the molecule is O=[N+]([O-])c1ccc(-n2nc(C(F)(F)F)cc2-c2cccs2)cc1. The van der Waals surface area contributed by atoms with Crippen molar-refractivity contribution in [1.29, 1.82) is 0 Å². The highest BCUT2D eigenvalue weighted by Gasteiger charge is 2.35. The van der Waals surface area contributed by atoms with Crippen LogP contribution in [0.2, 0.25) is 0 Å². The molecule has 0 spiro atoms. The quantitative estimate of drug-likeness (QED) is 0.520. The molecule has 3 rings (SSSR count). The molecule has 0 unspecified atom stereocenters. The minimum atomic E-state index is -4.57. The van der Waals surface area contributed by atoms with E-state index in [0.717, 1.165) is 10.7 Å². The van der Waals surface area contributed by atoms with Gasteiger partial charge in [0.25, 0.3) is 5.69 Å². The lowest BCUT2D eigenvalue weighted by Crippen LogP contribution is -2.07. The monoisotopic (exact) mass is 339 g/mol. The van der Waals surface area contributed by atoms with Gasteiger partial charge in [-0.3, -0.25) is 10.1 Å². The minimum absolute atomic E-state index is 0.144. The fourth-order valence-corrected chi connectivity index (χ4v) is 2.76. The molecular weight excluding hydrogens is 331 g/mol. The van der Waals surface area contributed by atoms with Crippen molar-refractivity contribution in [2.75, 3.05) is 0 Å². The number of rotatable bonds is 3. The van der Waals surface area contributed by atoms with E-state index in [2.05, 4.69) is 5.10 Å². The van der Waals surface area contributed by atoms with Gasteiger partial charge in [0.05, 0.1) is 21.2 Å². The smallest absolute Gasteiger partial charge is 0.258 e. The first-order valence-electron chi connectivity index (χ1n) is 6.32. The van der Waals surface area contributed by atoms with Gasteiger partial charge in [-0.05, 0) is 29.6 Å². The predicted octanol–water partition coefficient (Wildman–Crippen LogP) is 4.53. The number of nitro groups is 1. The number of aromatic nitrogens is 2. The largest absolute Gasteiger partial charge is 0.435 e. The summed E-state index contributed by atoms with van der Waals surface area (Å²) in [6.45, 7) is 0. The van der Waals surface area contributed by atoms with Gasteiger partial charge in [-0.2, -0.15) is 18.3 Å². The molecule has 0 N–H and O–H groups in total. The second kappa shape index (κ2) is 5.51. The normalized spacial score (nSPS) is 11.6. The van der Waals surface area contributed by atoms with Gasteiger partial charge in [0.1, 0.15) is 0 Å². The maximum absolute atomic E-state index is 12.9. The Labute approximate surface area is 131 Å². The summed E-state index contributed by atoms with van der Waals surface area (Å²) in [6.07, 6.45) is -4.57. The Morgan fingerprint density at radius 1 is 1.17 bits per heavy atom. The molecule has 0 aliphatic carbocycles. The average Bonchev–Trinajstić information content (AvgIpc) is 3.15. The van der Waals surface area contributed by atoms with Crippen LogP contribution in [0, 0.1) is 10.1 Å². The average molecular weight is 339 g/mol. The van der Waals surface area contributed by atoms with E-state index in [1.165, 1.54) is 35.6 Å². The molecule has 5 nitrogen and oxygen atoms in total. The highest BCUT2D eigenvalue weighted by Crippen LogP contribution is 2.34. The van der Waals surface area contributed by atoms with Gasteiger partial charge in [-0.1, -0.05) is 6.07 Å². The van der Waals surface area contributed by atoms with Crippen LogP contribution in [0.25, 0.3) is 16.3 Å². The fraction of sp³-hybridized carbons (Fsp3) is 0.0714. The van der Waals surface area contributed by atoms with Crippen molar-refractivity contribution in [3.63, 3.8) is 0 Å². The molecule has 3 aromatic rings. The van der Waals surface area contributed by atoms with E-state index in [-0.39, 0.29) is 11.4 Å². The van der Waals surface area contributed by atoms with E-state index in [9.17, 15) is 23.3 Å². The van der Waals surface area contributed by atoms with Crippen LogP contribution in [0.1, 0.15) is 5.69 Å². The minimum Gasteiger partial charge on any atom is -0.258 e. The standard InChI is InChI=1S/C14H8F3N3O2S/c15-14(16,17)13-8-11(12-2-1-7-23-12)19(18-13)9-3-5-10(6-4-9)20(21)22/h1-8H. The molecule has 0 aliphatic heterocycles. The molecule has 0 fully saturated rings. The Balaban J connectivity index is 2.13. The summed E-state index contributed by atoms with van der Waals surface area (Å²) in [7, 11) is 0. The lowest BCUT2D eigenvalue weighted by Gasteiger charge is -2.06. The second-order valence-electron chi connectivity index (χ2n) is 4.58. The highest BCUT2D eigenvalue weighted by atomic mass is 32.1. The third-order valence-electron chi connectivity index (χ3n) is 3.08. The number of alkyl halides is 3. The van der Waals surface area contributed by atoms with Crippen LogP contribution < -0.4 is 0 Å². The Morgan fingerprint density at radius 3 is 2.39 bits per heavy atom. The number of nitro benzene ring substituents is 1. The number of hydrogen-bond acceptors (Lipinski definition) is 4. The van der Waals surface area contributed by atoms with Crippen molar-refractivity contribution in [3.8, 4) is 16.3 Å². The predicted molar refractivity (Wildman–Crippen MR) is 78.5 cm³/mol. The second-order valence-corrected chi connectivity index (χ2v) is 5.52. The van der Waals surface area contributed by atoms with Crippen LogP contribution in [0.15, 0.2) is 47.8 Å². The van der Waals surface area contributed by atoms with E-state index < -0.39 is 16.8 Å². The maximum Gasteiger partial charge on any atom is 0.435 e. The molecule has 0 amide bonds. The molecule has 23 heavy (non-hydrogen) atoms. The number of non-ortho nitro benzene ring substituents is 1. The summed E-state index contributed by atoms with van der Waals surface area (Å²) < 4.78 is 40.0. The molecule has 0 bridgehead atoms. The molecule has 9 heteroatoms. The lowest BCUT2D eigenvalue weighted by molar-refractivity contribution is -0.384. The summed E-state index contributed by atoms with van der Waals surface area (Å²) in [5.74, 6) is 0. The molecule has 0 atom stereocenters. The first-order valence-corrected chi connectivity index (χ1v) is 7.20. The van der Waals surface area contributed by atoms with Crippen LogP contribution in [-0.4, -0.2) is 14.7 Å². The van der Waals surface area contributed by atoms with Crippen LogP contribution in [-0.2, 0) is 6.18 Å². The molecule has 0 aliphatic rings. The third-order valence-corrected chi connectivity index (χ3v) is 3.97. The van der Waals surface area contributed by atoms with Crippen molar-refractivity contribution < 1.29 is 18.1 Å². The van der Waals surface area contributed by atoms with Crippen LogP contribution >= 0.6 is 11.3 Å². The van der Waals surface area contributed by atoms with Crippen molar-refractivity contribution >= 4 is 17.0 Å². The van der Waals surface area contributed by atoms with Gasteiger partial charge >= 0.3 is 6.18 Å². The molecule has 0 saturated carbocycles. The van der Waals surface area contributed by atoms with Gasteiger partial charge < -0.3 is 0 Å². The first kappa shape index (κ1) is 15.2. The first-order chi connectivity index (χ1) is 10.9. The number of halogens is 3. The Kier molecular flexibility index (Phi) is 3.64. The van der Waals surface area contributed by atoms with Crippen LogP contribution in [0.5, 0.6) is 0 Å². The van der Waals surface area contributed by atoms with E-state index in [1.807, 2.05) is 0 Å². The number of benzene rings is 1. The van der Waals surface area contributed by atoms with Gasteiger partial charge in [0.2, 0.25) is 0 Å². The Bertz CT molecular complexity index is 839. The number of hydrogen-bond donors (Lipinski definition) is 0. The molecule has 0 radical (unpaired) electrons. The Hall–Kier alpha value is -2.68. The molecule has 2 heterocycles. The molecular formula is C14H8F3N3O2S. The summed E-state index contributed by atoms with van der Waals surface area (Å²) in [5.41, 5.74) is -0.565. The highest BCUT2D eigenvalue weighted by molar-refractivity contribution is 7.13. The van der Waals surface area contributed by atoms with Crippen molar-refractivity contribution in [1.82, 2.24) is 9.78 Å². The topological polar surface area (TPSA) is 61.0 Å². The van der Waals surface area contributed by atoms with Crippen LogP contribution in [0.3, 0.4) is 0 Å². The van der Waals surface area contributed by atoms with Crippen LogP contribution in [0.4, 0.5) is 18.9 Å². The number of thiophene rings is 1. The van der Waals surface area contributed by atoms with E-state index >= 15 is 0 Å². The number of nitrogens with zero attached hydrogens (tertiary/aromatic N) is 3. The molecule has 2 aromatic heterocycles. The lowest BCUT2D eigenvalue weighted by atomic mass is 10.2. The van der Waals surface area contributed by atoms with Gasteiger partial charge in [0.15, 0.2) is 5.69 Å². The van der Waals surface area contributed by atoms with Gasteiger partial charge in [-0.15, -0.1) is 11.3 Å². The van der Waals surface area contributed by atoms with Crippen molar-refractivity contribution in [3.05, 3.63) is 63.7 Å². The summed E-state index contributed by atoms with van der Waals surface area (Å²) >= 11 is 1.28. The van der Waals surface area contributed by atoms with E-state index in [0.29, 0.717) is 10.6 Å². The van der Waals surface area contributed by atoms with Gasteiger partial charge in [-0.25, -0.2) is 4.68 Å². The van der Waals surface area contributed by atoms with Gasteiger partial charge in [0, 0.05) is 12.1 Å². The van der Waals surface area contributed by atoms with E-state index in [4.69, 9.17) is 0 Å². The zero-order chi connectivity index (χ0) is 16.6. The zero-order valence-corrected chi connectivity index (χ0v) is 12.1. The third kappa shape index (κ3) is 2.95. The molecule has 0 saturated heterocycles. The summed E-state index contributed by atoms with van der Waals surface area (Å²) in [5, 5.41) is 16.0.